The highest BCUT2D eigenvalue weighted by atomic mass is 35.5. The van der Waals surface area contributed by atoms with Gasteiger partial charge in [-0.05, 0) is 32.0 Å². The number of alkyl halides is 3. The molecule has 2 aromatic rings. The minimum atomic E-state index is -4.48. The maximum absolute atomic E-state index is 12.3. The molecule has 25 heavy (non-hydrogen) atoms. The van der Waals surface area contributed by atoms with Crippen molar-refractivity contribution in [2.45, 2.75) is 26.4 Å². The Bertz CT molecular complexity index is 788. The van der Waals surface area contributed by atoms with Gasteiger partial charge in [0.15, 0.2) is 6.61 Å². The highest BCUT2D eigenvalue weighted by molar-refractivity contribution is 6.31. The summed E-state index contributed by atoms with van der Waals surface area (Å²) in [5.41, 5.74) is 2.41. The summed E-state index contributed by atoms with van der Waals surface area (Å²) < 4.78 is 43.4. The first-order valence-electron chi connectivity index (χ1n) is 7.35. The Kier molecular flexibility index (Phi) is 5.62. The minimum Gasteiger partial charge on any atom is -0.482 e. The van der Waals surface area contributed by atoms with E-state index in [-0.39, 0.29) is 22.9 Å². The third-order valence-corrected chi connectivity index (χ3v) is 3.84. The quantitative estimate of drug-likeness (QED) is 0.864. The number of rotatable bonds is 5. The number of carbonyl (C=O) groups is 1. The number of carbonyl (C=O) groups excluding carboxylic acids is 1. The summed E-state index contributed by atoms with van der Waals surface area (Å²) in [6.45, 7) is 2.16. The van der Waals surface area contributed by atoms with Crippen molar-refractivity contribution >= 4 is 23.2 Å². The lowest BCUT2D eigenvalue weighted by atomic mass is 10.1. The van der Waals surface area contributed by atoms with Gasteiger partial charge >= 0.3 is 6.18 Å². The number of hydrogen-bond donors (Lipinski definition) is 1. The molecule has 0 aliphatic rings. The van der Waals surface area contributed by atoms with E-state index >= 15 is 0 Å². The number of ether oxygens (including phenoxy) is 1. The van der Waals surface area contributed by atoms with Gasteiger partial charge in [0, 0.05) is 23.3 Å². The largest absolute Gasteiger partial charge is 0.482 e. The van der Waals surface area contributed by atoms with Gasteiger partial charge in [0.1, 0.15) is 5.75 Å². The van der Waals surface area contributed by atoms with E-state index in [1.54, 1.807) is 18.7 Å². The summed E-state index contributed by atoms with van der Waals surface area (Å²) in [6, 6.07) is 4.01. The first-order valence-corrected chi connectivity index (χ1v) is 7.72. The molecule has 2 rings (SSSR count). The van der Waals surface area contributed by atoms with E-state index in [4.69, 9.17) is 16.3 Å². The van der Waals surface area contributed by atoms with Gasteiger partial charge in [-0.15, -0.1) is 0 Å². The van der Waals surface area contributed by atoms with Gasteiger partial charge < -0.3 is 10.1 Å². The zero-order valence-electron chi connectivity index (χ0n) is 13.9. The van der Waals surface area contributed by atoms with Crippen LogP contribution in [0.5, 0.6) is 5.75 Å². The second-order valence-corrected chi connectivity index (χ2v) is 5.98. The second kappa shape index (κ2) is 7.35. The Morgan fingerprint density at radius 3 is 2.60 bits per heavy atom. The van der Waals surface area contributed by atoms with Gasteiger partial charge in [-0.3, -0.25) is 9.48 Å². The molecule has 0 spiro atoms. The standard InChI is InChI=1S/C16H17ClF3N3O2/c1-9-12(10(2)23(3)22-9)7-15(24)21-13-6-11(17)4-5-14(13)25-8-16(18,19)20/h4-6H,7-8H2,1-3H3,(H,21,24). The van der Waals surface area contributed by atoms with Crippen LogP contribution in [-0.4, -0.2) is 28.5 Å². The van der Waals surface area contributed by atoms with Crippen molar-refractivity contribution in [2.24, 2.45) is 7.05 Å². The van der Waals surface area contributed by atoms with E-state index in [9.17, 15) is 18.0 Å². The van der Waals surface area contributed by atoms with Crippen molar-refractivity contribution in [1.82, 2.24) is 9.78 Å². The molecular weight excluding hydrogens is 359 g/mol. The molecule has 1 N–H and O–H groups in total. The van der Waals surface area contributed by atoms with Gasteiger partial charge in [-0.1, -0.05) is 11.6 Å². The van der Waals surface area contributed by atoms with Crippen LogP contribution < -0.4 is 10.1 Å². The van der Waals surface area contributed by atoms with E-state index in [0.29, 0.717) is 0 Å². The monoisotopic (exact) mass is 375 g/mol. The molecule has 0 fully saturated rings. The van der Waals surface area contributed by atoms with E-state index in [0.717, 1.165) is 17.0 Å². The van der Waals surface area contributed by atoms with E-state index < -0.39 is 18.7 Å². The average molecular weight is 376 g/mol. The first-order chi connectivity index (χ1) is 11.6. The molecule has 0 atom stereocenters. The fourth-order valence-corrected chi connectivity index (χ4v) is 2.49. The van der Waals surface area contributed by atoms with E-state index in [1.165, 1.54) is 18.2 Å². The zero-order valence-corrected chi connectivity index (χ0v) is 14.6. The zero-order chi connectivity index (χ0) is 18.8. The van der Waals surface area contributed by atoms with Gasteiger partial charge in [0.25, 0.3) is 0 Å². The molecule has 0 unspecified atom stereocenters. The molecule has 1 aromatic heterocycles. The minimum absolute atomic E-state index is 0.0384. The Balaban J connectivity index is 2.15. The average Bonchev–Trinajstić information content (AvgIpc) is 2.72. The summed E-state index contributed by atoms with van der Waals surface area (Å²) in [4.78, 5) is 12.3. The van der Waals surface area contributed by atoms with Gasteiger partial charge in [-0.25, -0.2) is 0 Å². The molecule has 0 bridgehead atoms. The van der Waals surface area contributed by atoms with E-state index in [1.807, 2.05) is 6.92 Å². The van der Waals surface area contributed by atoms with Crippen LogP contribution in [0.2, 0.25) is 5.02 Å². The topological polar surface area (TPSA) is 56.2 Å². The Hall–Kier alpha value is -2.22. The fourth-order valence-electron chi connectivity index (χ4n) is 2.31. The predicted octanol–water partition coefficient (Wildman–Crippen LogP) is 3.81. The number of benzene rings is 1. The number of aromatic nitrogens is 2. The smallest absolute Gasteiger partial charge is 0.422 e. The summed E-state index contributed by atoms with van der Waals surface area (Å²) in [5.74, 6) is -0.506. The number of nitrogens with zero attached hydrogens (tertiary/aromatic N) is 2. The molecule has 0 aliphatic heterocycles. The van der Waals surface area contributed by atoms with Gasteiger partial charge in [0.2, 0.25) is 5.91 Å². The summed E-state index contributed by atoms with van der Waals surface area (Å²) >= 11 is 5.86. The van der Waals surface area contributed by atoms with Gasteiger partial charge in [-0.2, -0.15) is 18.3 Å². The number of nitrogens with one attached hydrogen (secondary N) is 1. The SMILES string of the molecule is Cc1nn(C)c(C)c1CC(=O)Nc1cc(Cl)ccc1OCC(F)(F)F. The lowest BCUT2D eigenvalue weighted by Crippen LogP contribution is -2.21. The van der Waals surface area contributed by atoms with Crippen LogP contribution in [0.4, 0.5) is 18.9 Å². The Morgan fingerprint density at radius 1 is 1.36 bits per heavy atom. The molecule has 9 heteroatoms. The molecule has 1 aromatic carbocycles. The maximum atomic E-state index is 12.3. The van der Waals surface area contributed by atoms with E-state index in [2.05, 4.69) is 10.4 Å². The van der Waals surface area contributed by atoms with Crippen LogP contribution in [0.25, 0.3) is 0 Å². The number of aryl methyl sites for hydroxylation is 2. The van der Waals surface area contributed by atoms with Crippen molar-refractivity contribution in [3.63, 3.8) is 0 Å². The van der Waals surface area contributed by atoms with Crippen molar-refractivity contribution in [1.29, 1.82) is 0 Å². The Labute approximate surface area is 147 Å². The van der Waals surface area contributed by atoms with Crippen LogP contribution >= 0.6 is 11.6 Å². The van der Waals surface area contributed by atoms with Crippen molar-refractivity contribution in [2.75, 3.05) is 11.9 Å². The number of amides is 1. The molecular formula is C16H17ClF3N3O2. The molecule has 0 saturated heterocycles. The predicted molar refractivity (Wildman–Crippen MR) is 88.0 cm³/mol. The number of halogens is 4. The summed E-state index contributed by atoms with van der Waals surface area (Å²) in [5, 5.41) is 7.04. The summed E-state index contributed by atoms with van der Waals surface area (Å²) in [7, 11) is 1.77. The normalized spacial score (nSPS) is 11.5. The second-order valence-electron chi connectivity index (χ2n) is 5.54. The highest BCUT2D eigenvalue weighted by Crippen LogP contribution is 2.30. The first kappa shape index (κ1) is 19.1. The fraction of sp³-hybridized carbons (Fsp3) is 0.375. The molecule has 0 radical (unpaired) electrons. The number of hydrogen-bond acceptors (Lipinski definition) is 3. The highest BCUT2D eigenvalue weighted by Gasteiger charge is 2.29. The third kappa shape index (κ3) is 5.12. The van der Waals surface area contributed by atoms with Crippen molar-refractivity contribution < 1.29 is 22.7 Å². The molecule has 1 heterocycles. The van der Waals surface area contributed by atoms with Crippen LogP contribution in [0.1, 0.15) is 17.0 Å². The van der Waals surface area contributed by atoms with Crippen molar-refractivity contribution in [3.05, 3.63) is 40.2 Å². The third-order valence-electron chi connectivity index (χ3n) is 3.60. The van der Waals surface area contributed by atoms with Crippen molar-refractivity contribution in [3.8, 4) is 5.75 Å². The van der Waals surface area contributed by atoms with Crippen LogP contribution in [0, 0.1) is 13.8 Å². The molecule has 0 aliphatic carbocycles. The lowest BCUT2D eigenvalue weighted by molar-refractivity contribution is -0.153. The number of anilines is 1. The van der Waals surface area contributed by atoms with Crippen LogP contribution in [0.15, 0.2) is 18.2 Å². The molecule has 5 nitrogen and oxygen atoms in total. The maximum Gasteiger partial charge on any atom is 0.422 e. The van der Waals surface area contributed by atoms with Crippen LogP contribution in [0.3, 0.4) is 0 Å². The summed E-state index contributed by atoms with van der Waals surface area (Å²) in [6.07, 6.45) is -4.44. The lowest BCUT2D eigenvalue weighted by Gasteiger charge is -2.14. The van der Waals surface area contributed by atoms with Gasteiger partial charge in [0.05, 0.1) is 17.8 Å². The van der Waals surface area contributed by atoms with Crippen LogP contribution in [-0.2, 0) is 18.3 Å². The molecule has 1 amide bonds. The Morgan fingerprint density at radius 2 is 2.04 bits per heavy atom. The molecule has 0 saturated carbocycles. The molecule has 136 valence electrons.